The van der Waals surface area contributed by atoms with Crippen LogP contribution < -0.4 is 5.32 Å². The summed E-state index contributed by atoms with van der Waals surface area (Å²) in [6.45, 7) is 6.07. The number of halogens is 1. The van der Waals surface area contributed by atoms with Crippen LogP contribution in [0.25, 0.3) is 0 Å². The van der Waals surface area contributed by atoms with Gasteiger partial charge in [0, 0.05) is 18.1 Å². The highest BCUT2D eigenvalue weighted by molar-refractivity contribution is 6.30. The zero-order chi connectivity index (χ0) is 12.3. The topological polar surface area (TPSA) is 21.3 Å². The van der Waals surface area contributed by atoms with E-state index in [1.54, 1.807) is 0 Å². The Hall–Kier alpha value is -0.570. The van der Waals surface area contributed by atoms with Crippen molar-refractivity contribution in [3.63, 3.8) is 0 Å². The van der Waals surface area contributed by atoms with Gasteiger partial charge < -0.3 is 10.1 Å². The molecule has 1 aromatic carbocycles. The predicted octanol–water partition coefficient (Wildman–Crippen LogP) is 3.39. The Morgan fingerprint density at radius 3 is 2.94 bits per heavy atom. The van der Waals surface area contributed by atoms with Gasteiger partial charge >= 0.3 is 0 Å². The molecule has 1 aliphatic rings. The summed E-state index contributed by atoms with van der Waals surface area (Å²) in [5.74, 6) is 0. The number of hydrogen-bond donors (Lipinski definition) is 1. The lowest BCUT2D eigenvalue weighted by Gasteiger charge is -2.19. The Labute approximate surface area is 108 Å². The fourth-order valence-corrected chi connectivity index (χ4v) is 2.46. The van der Waals surface area contributed by atoms with E-state index in [9.17, 15) is 0 Å². The molecule has 3 heteroatoms. The summed E-state index contributed by atoms with van der Waals surface area (Å²) in [5, 5.41) is 4.22. The summed E-state index contributed by atoms with van der Waals surface area (Å²) in [4.78, 5) is 0. The van der Waals surface area contributed by atoms with E-state index in [-0.39, 0.29) is 5.60 Å². The maximum absolute atomic E-state index is 5.94. The van der Waals surface area contributed by atoms with Crippen molar-refractivity contribution in [1.29, 1.82) is 0 Å². The highest BCUT2D eigenvalue weighted by Gasteiger charge is 2.30. The molecule has 1 aliphatic heterocycles. The summed E-state index contributed by atoms with van der Waals surface area (Å²) in [5.41, 5.74) is 1.28. The number of rotatable bonds is 4. The lowest BCUT2D eigenvalue weighted by Crippen LogP contribution is -2.29. The van der Waals surface area contributed by atoms with Crippen LogP contribution in [0.4, 0.5) is 0 Å². The molecule has 1 aromatic rings. The maximum atomic E-state index is 5.94. The first kappa shape index (κ1) is 12.9. The Kier molecular flexibility index (Phi) is 4.08. The van der Waals surface area contributed by atoms with Gasteiger partial charge in [0.25, 0.3) is 0 Å². The normalized spacial score (nSPS) is 22.9. The van der Waals surface area contributed by atoms with Crippen molar-refractivity contribution in [1.82, 2.24) is 5.32 Å². The minimum atomic E-state index is 0.0579. The highest BCUT2D eigenvalue weighted by atomic mass is 35.5. The van der Waals surface area contributed by atoms with Crippen LogP contribution in [-0.4, -0.2) is 18.2 Å². The van der Waals surface area contributed by atoms with Crippen LogP contribution in [0.2, 0.25) is 5.02 Å². The largest absolute Gasteiger partial charge is 0.371 e. The standard InChI is InChI=1S/C14H20ClNO/c1-14(2)7-6-13(17-14)10-16-9-11-4-3-5-12(15)8-11/h3-5,8,13,16H,6-7,9-10H2,1-2H3. The molecule has 0 radical (unpaired) electrons. The van der Waals surface area contributed by atoms with Crippen LogP contribution in [0.5, 0.6) is 0 Å². The molecular formula is C14H20ClNO. The van der Waals surface area contributed by atoms with Gasteiger partial charge in [-0.1, -0.05) is 23.7 Å². The van der Waals surface area contributed by atoms with Crippen LogP contribution >= 0.6 is 11.6 Å². The van der Waals surface area contributed by atoms with Gasteiger partial charge in [-0.3, -0.25) is 0 Å². The molecule has 0 aromatic heterocycles. The smallest absolute Gasteiger partial charge is 0.0707 e. The van der Waals surface area contributed by atoms with Crippen molar-refractivity contribution in [3.8, 4) is 0 Å². The molecule has 1 atom stereocenters. The van der Waals surface area contributed by atoms with Gasteiger partial charge in [-0.05, 0) is 44.4 Å². The number of nitrogens with one attached hydrogen (secondary N) is 1. The Morgan fingerprint density at radius 1 is 1.47 bits per heavy atom. The van der Waals surface area contributed by atoms with Crippen LogP contribution in [-0.2, 0) is 11.3 Å². The zero-order valence-electron chi connectivity index (χ0n) is 10.5. The van der Waals surface area contributed by atoms with Crippen molar-refractivity contribution in [2.24, 2.45) is 0 Å². The molecule has 0 saturated carbocycles. The number of ether oxygens (including phenoxy) is 1. The van der Waals surface area contributed by atoms with Crippen LogP contribution in [0.15, 0.2) is 24.3 Å². The second-order valence-corrected chi connectivity index (χ2v) is 5.74. The average Bonchev–Trinajstić information content (AvgIpc) is 2.58. The van der Waals surface area contributed by atoms with Crippen molar-refractivity contribution in [2.45, 2.75) is 44.9 Å². The molecule has 2 rings (SSSR count). The van der Waals surface area contributed by atoms with Gasteiger partial charge in [-0.15, -0.1) is 0 Å². The Morgan fingerprint density at radius 2 is 2.29 bits per heavy atom. The van der Waals surface area contributed by atoms with E-state index in [4.69, 9.17) is 16.3 Å². The van der Waals surface area contributed by atoms with Gasteiger partial charge in [0.05, 0.1) is 11.7 Å². The SMILES string of the molecule is CC1(C)CCC(CNCc2cccc(Cl)c2)O1. The Balaban J connectivity index is 1.73. The zero-order valence-corrected chi connectivity index (χ0v) is 11.3. The van der Waals surface area contributed by atoms with E-state index in [1.165, 1.54) is 5.56 Å². The molecule has 2 nitrogen and oxygen atoms in total. The monoisotopic (exact) mass is 253 g/mol. The Bertz CT molecular complexity index is 378. The van der Waals surface area contributed by atoms with Crippen LogP contribution in [0, 0.1) is 0 Å². The number of hydrogen-bond acceptors (Lipinski definition) is 2. The van der Waals surface area contributed by atoms with Crippen LogP contribution in [0.1, 0.15) is 32.3 Å². The molecule has 1 saturated heterocycles. The lowest BCUT2D eigenvalue weighted by atomic mass is 10.1. The summed E-state index contributed by atoms with van der Waals surface area (Å²) < 4.78 is 5.92. The first-order valence-corrected chi connectivity index (χ1v) is 6.56. The summed E-state index contributed by atoms with van der Waals surface area (Å²) in [7, 11) is 0. The van der Waals surface area contributed by atoms with Crippen molar-refractivity contribution in [2.75, 3.05) is 6.54 Å². The quantitative estimate of drug-likeness (QED) is 0.888. The minimum absolute atomic E-state index is 0.0579. The molecule has 0 amide bonds. The van der Waals surface area contributed by atoms with E-state index < -0.39 is 0 Å². The second kappa shape index (κ2) is 5.38. The van der Waals surface area contributed by atoms with Crippen molar-refractivity contribution >= 4 is 11.6 Å². The average molecular weight is 254 g/mol. The lowest BCUT2D eigenvalue weighted by molar-refractivity contribution is -0.0142. The van der Waals surface area contributed by atoms with Gasteiger partial charge in [0.1, 0.15) is 0 Å². The third-order valence-electron chi connectivity index (χ3n) is 3.14. The second-order valence-electron chi connectivity index (χ2n) is 5.30. The molecular weight excluding hydrogens is 234 g/mol. The van der Waals surface area contributed by atoms with Crippen LogP contribution in [0.3, 0.4) is 0 Å². The molecule has 1 heterocycles. The van der Waals surface area contributed by atoms with E-state index in [1.807, 2.05) is 18.2 Å². The van der Waals surface area contributed by atoms with Gasteiger partial charge in [0.2, 0.25) is 0 Å². The predicted molar refractivity (Wildman–Crippen MR) is 71.3 cm³/mol. The van der Waals surface area contributed by atoms with Gasteiger partial charge in [0.15, 0.2) is 0 Å². The highest BCUT2D eigenvalue weighted by Crippen LogP contribution is 2.28. The molecule has 94 valence electrons. The van der Waals surface area contributed by atoms with Crippen molar-refractivity contribution < 1.29 is 4.74 Å². The first-order chi connectivity index (χ1) is 8.05. The molecule has 0 spiro atoms. The first-order valence-electron chi connectivity index (χ1n) is 6.18. The van der Waals surface area contributed by atoms with Gasteiger partial charge in [-0.2, -0.15) is 0 Å². The van der Waals surface area contributed by atoms with Gasteiger partial charge in [-0.25, -0.2) is 0 Å². The van der Waals surface area contributed by atoms with Crippen molar-refractivity contribution in [3.05, 3.63) is 34.9 Å². The molecule has 0 bridgehead atoms. The van der Waals surface area contributed by atoms with E-state index in [0.29, 0.717) is 6.10 Å². The summed E-state index contributed by atoms with van der Waals surface area (Å²) in [6.07, 6.45) is 2.65. The summed E-state index contributed by atoms with van der Waals surface area (Å²) >= 11 is 5.94. The molecule has 0 aliphatic carbocycles. The van der Waals surface area contributed by atoms with E-state index in [0.717, 1.165) is 31.0 Å². The third-order valence-corrected chi connectivity index (χ3v) is 3.38. The molecule has 1 fully saturated rings. The fourth-order valence-electron chi connectivity index (χ4n) is 2.25. The summed E-state index contributed by atoms with van der Waals surface area (Å²) in [6, 6.07) is 7.95. The molecule has 17 heavy (non-hydrogen) atoms. The minimum Gasteiger partial charge on any atom is -0.371 e. The molecule has 1 unspecified atom stereocenters. The number of benzene rings is 1. The van der Waals surface area contributed by atoms with E-state index >= 15 is 0 Å². The third kappa shape index (κ3) is 3.98. The fraction of sp³-hybridized carbons (Fsp3) is 0.571. The maximum Gasteiger partial charge on any atom is 0.0707 e. The molecule has 1 N–H and O–H groups in total. The van der Waals surface area contributed by atoms with E-state index in [2.05, 4.69) is 25.2 Å².